The summed E-state index contributed by atoms with van der Waals surface area (Å²) >= 11 is 0. The third kappa shape index (κ3) is 1.92. The van der Waals surface area contributed by atoms with E-state index in [9.17, 15) is 4.79 Å². The Labute approximate surface area is 72.6 Å². The molecular formula is C10H13NO. The van der Waals surface area contributed by atoms with Crippen LogP contribution in [0.2, 0.25) is 0 Å². The number of likely N-dealkylation sites (N-methyl/N-ethyl adjacent to an activating group) is 1. The highest BCUT2D eigenvalue weighted by Gasteiger charge is 2.11. The molecule has 0 aliphatic heterocycles. The quantitative estimate of drug-likeness (QED) is 0.684. The maximum Gasteiger partial charge on any atom is 0.179 e. The van der Waals surface area contributed by atoms with Crippen LogP contribution < -0.4 is 5.32 Å². The van der Waals surface area contributed by atoms with Crippen LogP contribution in [0.15, 0.2) is 30.3 Å². The molecule has 1 aromatic rings. The van der Waals surface area contributed by atoms with E-state index in [1.165, 1.54) is 0 Å². The van der Waals surface area contributed by atoms with Crippen molar-refractivity contribution in [3.63, 3.8) is 0 Å². The largest absolute Gasteiger partial charge is 0.310 e. The predicted molar refractivity (Wildman–Crippen MR) is 49.3 cm³/mol. The molecule has 12 heavy (non-hydrogen) atoms. The lowest BCUT2D eigenvalue weighted by atomic mass is 10.1. The average Bonchev–Trinajstić information content (AvgIpc) is 2.17. The first-order chi connectivity index (χ1) is 5.75. The third-order valence-electron chi connectivity index (χ3n) is 1.88. The summed E-state index contributed by atoms with van der Waals surface area (Å²) < 4.78 is 0. The third-order valence-corrected chi connectivity index (χ3v) is 1.88. The number of benzene rings is 1. The van der Waals surface area contributed by atoms with Crippen molar-refractivity contribution in [3.8, 4) is 0 Å². The number of nitrogens with one attached hydrogen (secondary N) is 1. The molecule has 64 valence electrons. The van der Waals surface area contributed by atoms with E-state index in [0.717, 1.165) is 5.56 Å². The minimum absolute atomic E-state index is 0.104. The highest BCUT2D eigenvalue weighted by atomic mass is 16.1. The van der Waals surface area contributed by atoms with Crippen LogP contribution in [0.1, 0.15) is 17.3 Å². The van der Waals surface area contributed by atoms with Gasteiger partial charge < -0.3 is 5.32 Å². The van der Waals surface area contributed by atoms with Gasteiger partial charge in [-0.15, -0.1) is 0 Å². The molecule has 0 aromatic heterocycles. The zero-order chi connectivity index (χ0) is 8.97. The maximum atomic E-state index is 11.5. The van der Waals surface area contributed by atoms with Crippen LogP contribution in [0.25, 0.3) is 0 Å². The molecule has 0 saturated heterocycles. The number of hydrogen-bond donors (Lipinski definition) is 1. The summed E-state index contributed by atoms with van der Waals surface area (Å²) in [6, 6.07) is 9.20. The van der Waals surface area contributed by atoms with Crippen LogP contribution in [0.5, 0.6) is 0 Å². The predicted octanol–water partition coefficient (Wildman–Crippen LogP) is 1.48. The van der Waals surface area contributed by atoms with Crippen molar-refractivity contribution in [1.82, 2.24) is 5.32 Å². The van der Waals surface area contributed by atoms with E-state index < -0.39 is 0 Å². The fraction of sp³-hybridized carbons (Fsp3) is 0.300. The van der Waals surface area contributed by atoms with Crippen LogP contribution in [-0.2, 0) is 0 Å². The zero-order valence-corrected chi connectivity index (χ0v) is 7.37. The van der Waals surface area contributed by atoms with Crippen molar-refractivity contribution in [1.29, 1.82) is 0 Å². The molecule has 0 aliphatic rings. The lowest BCUT2D eigenvalue weighted by Crippen LogP contribution is -2.30. The van der Waals surface area contributed by atoms with Crippen LogP contribution in [0, 0.1) is 0 Å². The van der Waals surface area contributed by atoms with Crippen molar-refractivity contribution in [2.75, 3.05) is 7.05 Å². The minimum atomic E-state index is -0.104. The Morgan fingerprint density at radius 2 is 1.92 bits per heavy atom. The van der Waals surface area contributed by atoms with Gasteiger partial charge >= 0.3 is 0 Å². The van der Waals surface area contributed by atoms with E-state index >= 15 is 0 Å². The molecule has 1 N–H and O–H groups in total. The standard InChI is InChI=1S/C10H13NO/c1-8(11-2)10(12)9-6-4-3-5-7-9/h3-8,11H,1-2H3/t8-/m0/s1. The summed E-state index contributed by atoms with van der Waals surface area (Å²) in [5.41, 5.74) is 0.763. The van der Waals surface area contributed by atoms with Crippen molar-refractivity contribution < 1.29 is 4.79 Å². The zero-order valence-electron chi connectivity index (χ0n) is 7.37. The molecule has 1 atom stereocenters. The molecule has 0 bridgehead atoms. The van der Waals surface area contributed by atoms with Gasteiger partial charge in [-0.1, -0.05) is 30.3 Å². The van der Waals surface area contributed by atoms with Gasteiger partial charge in [-0.3, -0.25) is 4.79 Å². The summed E-state index contributed by atoms with van der Waals surface area (Å²) in [5, 5.41) is 2.91. The van der Waals surface area contributed by atoms with Gasteiger partial charge in [-0.2, -0.15) is 0 Å². The van der Waals surface area contributed by atoms with Gasteiger partial charge in [-0.05, 0) is 14.0 Å². The van der Waals surface area contributed by atoms with Crippen molar-refractivity contribution in [2.24, 2.45) is 0 Å². The molecule has 0 amide bonds. The molecular weight excluding hydrogens is 150 g/mol. The second-order valence-electron chi connectivity index (χ2n) is 2.74. The topological polar surface area (TPSA) is 29.1 Å². The van der Waals surface area contributed by atoms with Crippen molar-refractivity contribution >= 4 is 5.78 Å². The van der Waals surface area contributed by atoms with Gasteiger partial charge in [0.25, 0.3) is 0 Å². The van der Waals surface area contributed by atoms with Crippen LogP contribution >= 0.6 is 0 Å². The maximum absolute atomic E-state index is 11.5. The van der Waals surface area contributed by atoms with Gasteiger partial charge in [0.2, 0.25) is 0 Å². The summed E-state index contributed by atoms with van der Waals surface area (Å²) in [4.78, 5) is 11.5. The average molecular weight is 163 g/mol. The lowest BCUT2D eigenvalue weighted by Gasteiger charge is -2.07. The monoisotopic (exact) mass is 163 g/mol. The van der Waals surface area contributed by atoms with Crippen molar-refractivity contribution in [3.05, 3.63) is 35.9 Å². The first kappa shape index (κ1) is 8.94. The number of ketones is 1. The molecule has 1 rings (SSSR count). The van der Waals surface area contributed by atoms with E-state index in [1.807, 2.05) is 37.3 Å². The smallest absolute Gasteiger partial charge is 0.179 e. The van der Waals surface area contributed by atoms with Gasteiger partial charge in [0, 0.05) is 5.56 Å². The Balaban J connectivity index is 2.79. The number of Topliss-reactive ketones (excluding diaryl/α,β-unsaturated/α-hetero) is 1. The van der Waals surface area contributed by atoms with E-state index in [1.54, 1.807) is 7.05 Å². The second kappa shape index (κ2) is 4.02. The van der Waals surface area contributed by atoms with Crippen LogP contribution in [-0.4, -0.2) is 18.9 Å². The van der Waals surface area contributed by atoms with E-state index in [4.69, 9.17) is 0 Å². The highest BCUT2D eigenvalue weighted by Crippen LogP contribution is 2.02. The lowest BCUT2D eigenvalue weighted by molar-refractivity contribution is 0.0955. The Hall–Kier alpha value is -1.15. The Kier molecular flexibility index (Phi) is 3.00. The van der Waals surface area contributed by atoms with E-state index in [2.05, 4.69) is 5.32 Å². The molecule has 0 heterocycles. The molecule has 0 fully saturated rings. The summed E-state index contributed by atoms with van der Waals surface area (Å²) in [6.45, 7) is 1.86. The van der Waals surface area contributed by atoms with E-state index in [0.29, 0.717) is 0 Å². The molecule has 0 aliphatic carbocycles. The Morgan fingerprint density at radius 3 is 2.42 bits per heavy atom. The first-order valence-electron chi connectivity index (χ1n) is 4.02. The Bertz CT molecular complexity index is 256. The SMILES string of the molecule is CN[C@@H](C)C(=O)c1ccccc1. The molecule has 2 nitrogen and oxygen atoms in total. The minimum Gasteiger partial charge on any atom is -0.310 e. The molecule has 2 heteroatoms. The van der Waals surface area contributed by atoms with Crippen LogP contribution in [0.3, 0.4) is 0 Å². The van der Waals surface area contributed by atoms with Crippen molar-refractivity contribution in [2.45, 2.75) is 13.0 Å². The van der Waals surface area contributed by atoms with E-state index in [-0.39, 0.29) is 11.8 Å². The Morgan fingerprint density at radius 1 is 1.33 bits per heavy atom. The second-order valence-corrected chi connectivity index (χ2v) is 2.74. The molecule has 1 aromatic carbocycles. The van der Waals surface area contributed by atoms with Gasteiger partial charge in [-0.25, -0.2) is 0 Å². The summed E-state index contributed by atoms with van der Waals surface area (Å²) in [7, 11) is 1.78. The van der Waals surface area contributed by atoms with Crippen LogP contribution in [0.4, 0.5) is 0 Å². The number of carbonyl (C=O) groups is 1. The number of hydrogen-bond acceptors (Lipinski definition) is 2. The van der Waals surface area contributed by atoms with Gasteiger partial charge in [0.15, 0.2) is 5.78 Å². The molecule has 0 spiro atoms. The molecule has 0 saturated carbocycles. The summed E-state index contributed by atoms with van der Waals surface area (Å²) in [6.07, 6.45) is 0. The molecule has 0 radical (unpaired) electrons. The number of rotatable bonds is 3. The number of carbonyl (C=O) groups excluding carboxylic acids is 1. The fourth-order valence-electron chi connectivity index (χ4n) is 0.984. The summed E-state index contributed by atoms with van der Waals surface area (Å²) in [5.74, 6) is 0.137. The highest BCUT2D eigenvalue weighted by molar-refractivity contribution is 5.99. The first-order valence-corrected chi connectivity index (χ1v) is 4.02. The van der Waals surface area contributed by atoms with Gasteiger partial charge in [0.05, 0.1) is 6.04 Å². The molecule has 0 unspecified atom stereocenters. The van der Waals surface area contributed by atoms with Gasteiger partial charge in [0.1, 0.15) is 0 Å². The normalized spacial score (nSPS) is 12.5. The fourth-order valence-corrected chi connectivity index (χ4v) is 0.984.